The van der Waals surface area contributed by atoms with E-state index in [1.807, 2.05) is 20.8 Å². The topological polar surface area (TPSA) is 65.8 Å². The second kappa shape index (κ2) is 7.01. The van der Waals surface area contributed by atoms with Gasteiger partial charge in [-0.05, 0) is 44.0 Å². The van der Waals surface area contributed by atoms with E-state index in [0.29, 0.717) is 31.9 Å². The highest BCUT2D eigenvalue weighted by molar-refractivity contribution is 5.93. The normalized spacial score (nSPS) is 14.5. The maximum absolute atomic E-state index is 12.6. The molecule has 1 aromatic carbocycles. The van der Waals surface area contributed by atoms with E-state index in [1.54, 1.807) is 21.9 Å². The Morgan fingerprint density at radius 1 is 1.00 bits per heavy atom. The van der Waals surface area contributed by atoms with Gasteiger partial charge in [0.15, 0.2) is 5.76 Å². The van der Waals surface area contributed by atoms with Gasteiger partial charge < -0.3 is 19.5 Å². The number of hydrogen-bond donors (Lipinski definition) is 1. The minimum absolute atomic E-state index is 0.125. The zero-order valence-corrected chi connectivity index (χ0v) is 14.8. The Morgan fingerprint density at radius 2 is 1.60 bits per heavy atom. The van der Waals surface area contributed by atoms with Gasteiger partial charge in [0.1, 0.15) is 0 Å². The number of anilines is 1. The second-order valence-electron chi connectivity index (χ2n) is 6.46. The number of hydrogen-bond acceptors (Lipinski definition) is 3. The van der Waals surface area contributed by atoms with Crippen LogP contribution in [-0.2, 0) is 0 Å². The number of urea groups is 1. The number of amides is 3. The van der Waals surface area contributed by atoms with Crippen molar-refractivity contribution in [1.29, 1.82) is 0 Å². The molecule has 0 radical (unpaired) electrons. The zero-order valence-electron chi connectivity index (χ0n) is 14.8. The van der Waals surface area contributed by atoms with E-state index >= 15 is 0 Å². The van der Waals surface area contributed by atoms with Crippen LogP contribution in [0.1, 0.15) is 27.2 Å². The molecular formula is C19H23N3O3. The van der Waals surface area contributed by atoms with Crippen LogP contribution in [0.5, 0.6) is 0 Å². The monoisotopic (exact) mass is 341 g/mol. The van der Waals surface area contributed by atoms with Gasteiger partial charge in [0.25, 0.3) is 5.91 Å². The molecule has 2 heterocycles. The van der Waals surface area contributed by atoms with Crippen molar-refractivity contribution < 1.29 is 14.0 Å². The first kappa shape index (κ1) is 17.1. The first-order valence-corrected chi connectivity index (χ1v) is 8.42. The van der Waals surface area contributed by atoms with Gasteiger partial charge in [0.2, 0.25) is 0 Å². The lowest BCUT2D eigenvalue weighted by molar-refractivity contribution is 0.0640. The van der Waals surface area contributed by atoms with Crippen molar-refractivity contribution in [3.05, 3.63) is 53.0 Å². The van der Waals surface area contributed by atoms with E-state index in [-0.39, 0.29) is 11.9 Å². The molecule has 1 aliphatic heterocycles. The van der Waals surface area contributed by atoms with Crippen LogP contribution in [0.2, 0.25) is 0 Å². The SMILES string of the molecule is Cc1cc(C)c(NC(=O)N2CCN(C(=O)c3ccco3)CC2)c(C)c1. The van der Waals surface area contributed by atoms with Crippen molar-refractivity contribution in [2.75, 3.05) is 31.5 Å². The van der Waals surface area contributed by atoms with Crippen molar-refractivity contribution in [3.63, 3.8) is 0 Å². The van der Waals surface area contributed by atoms with Gasteiger partial charge in [0.05, 0.1) is 6.26 Å². The summed E-state index contributed by atoms with van der Waals surface area (Å²) in [6.45, 7) is 8.04. The minimum atomic E-state index is -0.129. The van der Waals surface area contributed by atoms with Gasteiger partial charge >= 0.3 is 6.03 Å². The molecule has 0 spiro atoms. The molecule has 2 aromatic rings. The van der Waals surface area contributed by atoms with Crippen molar-refractivity contribution in [2.24, 2.45) is 0 Å². The lowest BCUT2D eigenvalue weighted by Crippen LogP contribution is -2.51. The van der Waals surface area contributed by atoms with Crippen LogP contribution in [0.4, 0.5) is 10.5 Å². The molecule has 0 unspecified atom stereocenters. The Kier molecular flexibility index (Phi) is 4.79. The van der Waals surface area contributed by atoms with E-state index in [9.17, 15) is 9.59 Å². The Bertz CT molecular complexity index is 752. The summed E-state index contributed by atoms with van der Waals surface area (Å²) < 4.78 is 5.15. The van der Waals surface area contributed by atoms with Gasteiger partial charge in [-0.1, -0.05) is 17.7 Å². The first-order valence-electron chi connectivity index (χ1n) is 8.42. The minimum Gasteiger partial charge on any atom is -0.459 e. The van der Waals surface area contributed by atoms with Crippen LogP contribution in [0, 0.1) is 20.8 Å². The standard InChI is InChI=1S/C19H23N3O3/c1-13-11-14(2)17(15(3)12-13)20-19(24)22-8-6-21(7-9-22)18(23)16-5-4-10-25-16/h4-5,10-12H,6-9H2,1-3H3,(H,20,24). The van der Waals surface area contributed by atoms with Crippen molar-refractivity contribution >= 4 is 17.6 Å². The number of nitrogens with zero attached hydrogens (tertiary/aromatic N) is 2. The highest BCUT2D eigenvalue weighted by Gasteiger charge is 2.26. The summed E-state index contributed by atoms with van der Waals surface area (Å²) in [5, 5.41) is 3.01. The molecule has 3 amide bonds. The molecule has 0 bridgehead atoms. The lowest BCUT2D eigenvalue weighted by atomic mass is 10.1. The number of nitrogens with one attached hydrogen (secondary N) is 1. The van der Waals surface area contributed by atoms with Crippen molar-refractivity contribution in [3.8, 4) is 0 Å². The quantitative estimate of drug-likeness (QED) is 0.912. The molecule has 1 aliphatic rings. The number of carbonyl (C=O) groups is 2. The second-order valence-corrected chi connectivity index (χ2v) is 6.46. The molecular weight excluding hydrogens is 318 g/mol. The molecule has 1 fully saturated rings. The summed E-state index contributed by atoms with van der Waals surface area (Å²) in [5.41, 5.74) is 4.15. The molecule has 132 valence electrons. The van der Waals surface area contributed by atoms with Crippen LogP contribution < -0.4 is 5.32 Å². The molecule has 6 nitrogen and oxygen atoms in total. The van der Waals surface area contributed by atoms with Gasteiger partial charge in [0, 0.05) is 31.9 Å². The van der Waals surface area contributed by atoms with Crippen LogP contribution in [0.15, 0.2) is 34.9 Å². The van der Waals surface area contributed by atoms with Crippen molar-refractivity contribution in [1.82, 2.24) is 9.80 Å². The largest absolute Gasteiger partial charge is 0.459 e. The van der Waals surface area contributed by atoms with Gasteiger partial charge in [-0.3, -0.25) is 4.79 Å². The summed E-state index contributed by atoms with van der Waals surface area (Å²) in [6, 6.07) is 7.35. The third-order valence-corrected chi connectivity index (χ3v) is 4.50. The number of furan rings is 1. The summed E-state index contributed by atoms with van der Waals surface area (Å²) >= 11 is 0. The highest BCUT2D eigenvalue weighted by Crippen LogP contribution is 2.22. The van der Waals surface area contributed by atoms with Crippen LogP contribution >= 0.6 is 0 Å². The Hall–Kier alpha value is -2.76. The number of rotatable bonds is 2. The number of benzene rings is 1. The summed E-state index contributed by atoms with van der Waals surface area (Å²) in [7, 11) is 0. The van der Waals surface area contributed by atoms with E-state index in [4.69, 9.17) is 4.42 Å². The smallest absolute Gasteiger partial charge is 0.321 e. The van der Waals surface area contributed by atoms with Gasteiger partial charge in [-0.2, -0.15) is 0 Å². The third-order valence-electron chi connectivity index (χ3n) is 4.50. The first-order chi connectivity index (χ1) is 12.0. The van der Waals surface area contributed by atoms with Crippen LogP contribution in [-0.4, -0.2) is 47.9 Å². The Morgan fingerprint density at radius 3 is 2.16 bits per heavy atom. The van der Waals surface area contributed by atoms with E-state index in [0.717, 1.165) is 16.8 Å². The van der Waals surface area contributed by atoms with Gasteiger partial charge in [-0.15, -0.1) is 0 Å². The van der Waals surface area contributed by atoms with E-state index in [1.165, 1.54) is 11.8 Å². The molecule has 0 aliphatic carbocycles. The molecule has 3 rings (SSSR count). The fraction of sp³-hybridized carbons (Fsp3) is 0.368. The number of piperazine rings is 1. The summed E-state index contributed by atoms with van der Waals surface area (Å²) in [4.78, 5) is 28.3. The predicted molar refractivity (Wildman–Crippen MR) is 95.9 cm³/mol. The average Bonchev–Trinajstić information content (AvgIpc) is 3.12. The molecule has 1 N–H and O–H groups in total. The lowest BCUT2D eigenvalue weighted by Gasteiger charge is -2.34. The summed E-state index contributed by atoms with van der Waals surface area (Å²) in [5.74, 6) is 0.207. The van der Waals surface area contributed by atoms with Gasteiger partial charge in [-0.25, -0.2) is 4.79 Å². The van der Waals surface area contributed by atoms with E-state index < -0.39 is 0 Å². The molecule has 1 aromatic heterocycles. The summed E-state index contributed by atoms with van der Waals surface area (Å²) in [6.07, 6.45) is 1.49. The van der Waals surface area contributed by atoms with Crippen LogP contribution in [0.3, 0.4) is 0 Å². The Labute approximate surface area is 147 Å². The maximum Gasteiger partial charge on any atom is 0.321 e. The zero-order chi connectivity index (χ0) is 18.0. The van der Waals surface area contributed by atoms with Crippen LogP contribution in [0.25, 0.3) is 0 Å². The Balaban J connectivity index is 1.60. The molecule has 0 atom stereocenters. The number of carbonyl (C=O) groups excluding carboxylic acids is 2. The third kappa shape index (κ3) is 3.68. The highest BCUT2D eigenvalue weighted by atomic mass is 16.3. The van der Waals surface area contributed by atoms with E-state index in [2.05, 4.69) is 17.4 Å². The maximum atomic E-state index is 12.6. The molecule has 6 heteroatoms. The average molecular weight is 341 g/mol. The van der Waals surface area contributed by atoms with Crippen molar-refractivity contribution in [2.45, 2.75) is 20.8 Å². The molecule has 0 saturated carbocycles. The number of aryl methyl sites for hydroxylation is 3. The predicted octanol–water partition coefficient (Wildman–Crippen LogP) is 3.19. The molecule has 25 heavy (non-hydrogen) atoms. The molecule has 1 saturated heterocycles. The fourth-order valence-corrected chi connectivity index (χ4v) is 3.23. The fourth-order valence-electron chi connectivity index (χ4n) is 3.23.